The van der Waals surface area contributed by atoms with Crippen molar-refractivity contribution in [3.63, 3.8) is 0 Å². The van der Waals surface area contributed by atoms with Gasteiger partial charge in [0, 0.05) is 12.4 Å². The van der Waals surface area contributed by atoms with Crippen LogP contribution in [0.4, 0.5) is 0 Å². The van der Waals surface area contributed by atoms with Crippen molar-refractivity contribution in [1.29, 1.82) is 0 Å². The summed E-state index contributed by atoms with van der Waals surface area (Å²) in [4.78, 5) is 16.3. The van der Waals surface area contributed by atoms with Crippen LogP contribution in [0.2, 0.25) is 5.02 Å². The molecule has 0 aliphatic heterocycles. The lowest BCUT2D eigenvalue weighted by molar-refractivity contribution is 0.0931. The van der Waals surface area contributed by atoms with E-state index in [-0.39, 0.29) is 11.9 Å². The number of halogens is 1. The summed E-state index contributed by atoms with van der Waals surface area (Å²) in [5.74, 6) is 0.389. The van der Waals surface area contributed by atoms with Crippen molar-refractivity contribution in [3.05, 3.63) is 64.9 Å². The summed E-state index contributed by atoms with van der Waals surface area (Å²) < 4.78 is 0. The number of amides is 1. The molecule has 1 atom stereocenters. The van der Waals surface area contributed by atoms with E-state index >= 15 is 0 Å². The number of benzene rings is 1. The topological polar surface area (TPSA) is 42.0 Å². The highest BCUT2D eigenvalue weighted by Crippen LogP contribution is 2.41. The van der Waals surface area contributed by atoms with E-state index in [4.69, 9.17) is 11.6 Å². The lowest BCUT2D eigenvalue weighted by atomic mass is 10.0. The second kappa shape index (κ2) is 5.63. The number of nitrogens with zero attached hydrogens (tertiary/aromatic N) is 1. The summed E-state index contributed by atoms with van der Waals surface area (Å²) in [6.07, 6.45) is 5.38. The van der Waals surface area contributed by atoms with Crippen molar-refractivity contribution < 1.29 is 4.79 Å². The molecule has 4 heteroatoms. The quantitative estimate of drug-likeness (QED) is 0.933. The molecule has 0 radical (unpaired) electrons. The maximum Gasteiger partial charge on any atom is 0.253 e. The zero-order chi connectivity index (χ0) is 13.9. The number of pyridine rings is 1. The summed E-state index contributed by atoms with van der Waals surface area (Å²) in [5.41, 5.74) is 1.62. The third kappa shape index (κ3) is 2.83. The SMILES string of the molecule is O=C(NC(c1ccccc1)C1CC1)c1ccncc1Cl. The van der Waals surface area contributed by atoms with E-state index in [9.17, 15) is 4.79 Å². The van der Waals surface area contributed by atoms with Crippen LogP contribution in [0.3, 0.4) is 0 Å². The number of carbonyl (C=O) groups is 1. The minimum Gasteiger partial charge on any atom is -0.345 e. The first kappa shape index (κ1) is 13.1. The average Bonchev–Trinajstić information content (AvgIpc) is 3.30. The lowest BCUT2D eigenvalue weighted by Crippen LogP contribution is -2.30. The molecule has 3 nitrogen and oxygen atoms in total. The third-order valence-corrected chi connectivity index (χ3v) is 3.86. The molecule has 102 valence electrons. The van der Waals surface area contributed by atoms with Crippen LogP contribution in [0.25, 0.3) is 0 Å². The van der Waals surface area contributed by atoms with Gasteiger partial charge in [-0.3, -0.25) is 9.78 Å². The van der Waals surface area contributed by atoms with Gasteiger partial charge in [0.25, 0.3) is 5.91 Å². The van der Waals surface area contributed by atoms with E-state index in [1.165, 1.54) is 6.20 Å². The van der Waals surface area contributed by atoms with E-state index in [1.807, 2.05) is 18.2 Å². The summed E-state index contributed by atoms with van der Waals surface area (Å²) in [6.45, 7) is 0. The van der Waals surface area contributed by atoms with Gasteiger partial charge in [0.2, 0.25) is 0 Å². The fourth-order valence-electron chi connectivity index (χ4n) is 2.34. The summed E-state index contributed by atoms with van der Waals surface area (Å²) in [6, 6.07) is 11.8. The molecule has 1 aliphatic carbocycles. The minimum atomic E-state index is -0.141. The molecule has 1 unspecified atom stereocenters. The zero-order valence-corrected chi connectivity index (χ0v) is 11.7. The fraction of sp³-hybridized carbons (Fsp3) is 0.250. The Morgan fingerprint density at radius 2 is 2.00 bits per heavy atom. The van der Waals surface area contributed by atoms with Crippen LogP contribution in [0.1, 0.15) is 34.8 Å². The molecule has 3 rings (SSSR count). The molecular weight excluding hydrogens is 272 g/mol. The Morgan fingerprint density at radius 1 is 1.25 bits per heavy atom. The highest BCUT2D eigenvalue weighted by Gasteiger charge is 2.33. The Bertz CT molecular complexity index is 611. The van der Waals surface area contributed by atoms with Crippen LogP contribution >= 0.6 is 11.6 Å². The summed E-state index contributed by atoms with van der Waals surface area (Å²) >= 11 is 6.02. The molecule has 1 fully saturated rings. The largest absolute Gasteiger partial charge is 0.345 e. The fourth-order valence-corrected chi connectivity index (χ4v) is 2.55. The van der Waals surface area contributed by atoms with Gasteiger partial charge in [0.05, 0.1) is 16.6 Å². The first-order valence-corrected chi connectivity index (χ1v) is 7.09. The van der Waals surface area contributed by atoms with Crippen LogP contribution in [-0.2, 0) is 0 Å². The second-order valence-corrected chi connectivity index (χ2v) is 5.46. The number of nitrogens with one attached hydrogen (secondary N) is 1. The second-order valence-electron chi connectivity index (χ2n) is 5.05. The Balaban J connectivity index is 1.81. The van der Waals surface area contributed by atoms with Crippen molar-refractivity contribution in [3.8, 4) is 0 Å². The standard InChI is InChI=1S/C16H15ClN2O/c17-14-10-18-9-8-13(14)16(20)19-15(12-6-7-12)11-4-2-1-3-5-11/h1-5,8-10,12,15H,6-7H2,(H,19,20). The molecule has 1 amide bonds. The molecule has 0 spiro atoms. The zero-order valence-electron chi connectivity index (χ0n) is 10.9. The molecule has 0 bridgehead atoms. The van der Waals surface area contributed by atoms with Crippen LogP contribution in [0, 0.1) is 5.92 Å². The number of hydrogen-bond donors (Lipinski definition) is 1. The summed E-state index contributed by atoms with van der Waals surface area (Å²) in [7, 11) is 0. The van der Waals surface area contributed by atoms with Crippen molar-refractivity contribution in [2.75, 3.05) is 0 Å². The third-order valence-electron chi connectivity index (χ3n) is 3.56. The predicted octanol–water partition coefficient (Wildman–Crippen LogP) is 3.62. The normalized spacial score (nSPS) is 15.7. The highest BCUT2D eigenvalue weighted by molar-refractivity contribution is 6.33. The van der Waals surface area contributed by atoms with Gasteiger partial charge in [0.1, 0.15) is 0 Å². The van der Waals surface area contributed by atoms with Crippen molar-refractivity contribution >= 4 is 17.5 Å². The van der Waals surface area contributed by atoms with Crippen molar-refractivity contribution in [2.24, 2.45) is 5.92 Å². The van der Waals surface area contributed by atoms with Crippen molar-refractivity contribution in [2.45, 2.75) is 18.9 Å². The monoisotopic (exact) mass is 286 g/mol. The van der Waals surface area contributed by atoms with Crippen LogP contribution in [-0.4, -0.2) is 10.9 Å². The average molecular weight is 287 g/mol. The minimum absolute atomic E-state index is 0.0629. The Morgan fingerprint density at radius 3 is 2.65 bits per heavy atom. The van der Waals surface area contributed by atoms with Gasteiger partial charge in [-0.25, -0.2) is 0 Å². The van der Waals surface area contributed by atoms with Gasteiger partial charge in [-0.05, 0) is 30.4 Å². The Labute approximate surface area is 123 Å². The van der Waals surface area contributed by atoms with Gasteiger partial charge in [-0.2, -0.15) is 0 Å². The molecule has 1 saturated carbocycles. The van der Waals surface area contributed by atoms with Crippen LogP contribution < -0.4 is 5.32 Å². The molecular formula is C16H15ClN2O. The Hall–Kier alpha value is -1.87. The van der Waals surface area contributed by atoms with Crippen molar-refractivity contribution in [1.82, 2.24) is 10.3 Å². The van der Waals surface area contributed by atoms with E-state index < -0.39 is 0 Å². The Kier molecular flexibility index (Phi) is 3.70. The number of rotatable bonds is 4. The summed E-state index contributed by atoms with van der Waals surface area (Å²) in [5, 5.41) is 3.48. The first-order chi connectivity index (χ1) is 9.75. The molecule has 0 saturated heterocycles. The van der Waals surface area contributed by atoms with Crippen LogP contribution in [0.15, 0.2) is 48.8 Å². The van der Waals surface area contributed by atoms with Gasteiger partial charge in [-0.1, -0.05) is 41.9 Å². The molecule has 20 heavy (non-hydrogen) atoms. The molecule has 1 aromatic heterocycles. The van der Waals surface area contributed by atoms with Gasteiger partial charge in [-0.15, -0.1) is 0 Å². The maximum atomic E-state index is 12.4. The van der Waals surface area contributed by atoms with Gasteiger partial charge < -0.3 is 5.32 Å². The number of aromatic nitrogens is 1. The lowest BCUT2D eigenvalue weighted by Gasteiger charge is -2.19. The molecule has 1 aliphatic rings. The van der Waals surface area contributed by atoms with E-state index in [0.717, 1.165) is 18.4 Å². The van der Waals surface area contributed by atoms with Gasteiger partial charge >= 0.3 is 0 Å². The molecule has 2 aromatic rings. The molecule has 1 N–H and O–H groups in total. The van der Waals surface area contributed by atoms with E-state index in [0.29, 0.717) is 16.5 Å². The van der Waals surface area contributed by atoms with Crippen LogP contribution in [0.5, 0.6) is 0 Å². The smallest absolute Gasteiger partial charge is 0.253 e. The first-order valence-electron chi connectivity index (χ1n) is 6.71. The highest BCUT2D eigenvalue weighted by atomic mass is 35.5. The van der Waals surface area contributed by atoms with Gasteiger partial charge in [0.15, 0.2) is 0 Å². The van der Waals surface area contributed by atoms with E-state index in [2.05, 4.69) is 22.4 Å². The maximum absolute atomic E-state index is 12.4. The number of hydrogen-bond acceptors (Lipinski definition) is 2. The predicted molar refractivity (Wildman–Crippen MR) is 78.6 cm³/mol. The number of carbonyl (C=O) groups excluding carboxylic acids is 1. The van der Waals surface area contributed by atoms with E-state index in [1.54, 1.807) is 12.3 Å². The molecule has 1 heterocycles. The molecule has 1 aromatic carbocycles.